The highest BCUT2D eigenvalue weighted by molar-refractivity contribution is 6.04. The molecule has 3 rings (SSSR count). The molecule has 4 amide bonds. The fourth-order valence-electron chi connectivity index (χ4n) is 3.28. The number of aromatic amines is 1. The Balaban J connectivity index is 1.54. The van der Waals surface area contributed by atoms with Crippen LogP contribution in [0, 0.1) is 0 Å². The van der Waals surface area contributed by atoms with Crippen LogP contribution in [-0.4, -0.2) is 46.4 Å². The Labute approximate surface area is 158 Å². The molecule has 0 bridgehead atoms. The zero-order valence-electron chi connectivity index (χ0n) is 15.7. The molecule has 0 radical (unpaired) electrons. The standard InChI is InChI=1S/C20H26N4O3/c1-3-13(2)22-18(25)9-8-17-19(26)24(20(27)23-17)11-10-14-12-21-16-7-5-4-6-15(14)16/h4-7,12-13,17,21H,3,8-11H2,1-2H3,(H,22,25)(H,23,27)/t13-,17-/m1/s1. The van der Waals surface area contributed by atoms with E-state index in [1.165, 1.54) is 4.90 Å². The van der Waals surface area contributed by atoms with Crippen molar-refractivity contribution in [3.05, 3.63) is 36.0 Å². The Morgan fingerprint density at radius 2 is 2.07 bits per heavy atom. The second-order valence-corrected chi connectivity index (χ2v) is 7.02. The van der Waals surface area contributed by atoms with E-state index in [1.54, 1.807) is 0 Å². The molecule has 1 aromatic heterocycles. The molecule has 144 valence electrons. The van der Waals surface area contributed by atoms with E-state index < -0.39 is 6.04 Å². The highest BCUT2D eigenvalue weighted by atomic mass is 16.2. The maximum Gasteiger partial charge on any atom is 0.324 e. The first-order chi connectivity index (χ1) is 13.0. The summed E-state index contributed by atoms with van der Waals surface area (Å²) in [4.78, 5) is 41.0. The number of H-pyrrole nitrogens is 1. The Morgan fingerprint density at radius 3 is 2.85 bits per heavy atom. The number of imide groups is 1. The minimum absolute atomic E-state index is 0.0939. The van der Waals surface area contributed by atoms with Gasteiger partial charge in [-0.15, -0.1) is 0 Å². The van der Waals surface area contributed by atoms with Gasteiger partial charge in [0.2, 0.25) is 5.91 Å². The summed E-state index contributed by atoms with van der Waals surface area (Å²) < 4.78 is 0. The first-order valence-corrected chi connectivity index (χ1v) is 9.45. The maximum absolute atomic E-state index is 12.5. The predicted molar refractivity (Wildman–Crippen MR) is 103 cm³/mol. The molecular weight excluding hydrogens is 344 g/mol. The summed E-state index contributed by atoms with van der Waals surface area (Å²) in [6, 6.07) is 7.05. The van der Waals surface area contributed by atoms with Crippen LogP contribution in [0.15, 0.2) is 30.5 Å². The van der Waals surface area contributed by atoms with Gasteiger partial charge in [-0.25, -0.2) is 4.79 Å². The van der Waals surface area contributed by atoms with Crippen molar-refractivity contribution in [2.75, 3.05) is 6.54 Å². The molecule has 0 spiro atoms. The van der Waals surface area contributed by atoms with Crippen molar-refractivity contribution in [1.82, 2.24) is 20.5 Å². The number of nitrogens with zero attached hydrogens (tertiary/aromatic N) is 1. The van der Waals surface area contributed by atoms with Crippen molar-refractivity contribution in [2.45, 2.75) is 51.6 Å². The van der Waals surface area contributed by atoms with Crippen LogP contribution in [0.3, 0.4) is 0 Å². The predicted octanol–water partition coefficient (Wildman–Crippen LogP) is 2.33. The third-order valence-corrected chi connectivity index (χ3v) is 5.07. The van der Waals surface area contributed by atoms with Crippen LogP contribution in [0.1, 0.15) is 38.7 Å². The van der Waals surface area contributed by atoms with E-state index in [9.17, 15) is 14.4 Å². The van der Waals surface area contributed by atoms with Crippen molar-refractivity contribution < 1.29 is 14.4 Å². The summed E-state index contributed by atoms with van der Waals surface area (Å²) in [5.74, 6) is -0.347. The smallest absolute Gasteiger partial charge is 0.324 e. The summed E-state index contributed by atoms with van der Waals surface area (Å²) >= 11 is 0. The van der Waals surface area contributed by atoms with Gasteiger partial charge in [-0.2, -0.15) is 0 Å². The van der Waals surface area contributed by atoms with Gasteiger partial charge < -0.3 is 15.6 Å². The second-order valence-electron chi connectivity index (χ2n) is 7.02. The Bertz CT molecular complexity index is 845. The fourth-order valence-corrected chi connectivity index (χ4v) is 3.28. The number of nitrogens with one attached hydrogen (secondary N) is 3. The highest BCUT2D eigenvalue weighted by Crippen LogP contribution is 2.19. The lowest BCUT2D eigenvalue weighted by molar-refractivity contribution is -0.127. The topological polar surface area (TPSA) is 94.3 Å². The Morgan fingerprint density at radius 1 is 1.30 bits per heavy atom. The third kappa shape index (κ3) is 4.30. The van der Waals surface area contributed by atoms with Crippen molar-refractivity contribution in [3.63, 3.8) is 0 Å². The van der Waals surface area contributed by atoms with Crippen molar-refractivity contribution in [2.24, 2.45) is 0 Å². The summed E-state index contributed by atoms with van der Waals surface area (Å²) in [5.41, 5.74) is 2.11. The van der Waals surface area contributed by atoms with Crippen LogP contribution in [-0.2, 0) is 16.0 Å². The molecule has 7 heteroatoms. The lowest BCUT2D eigenvalue weighted by Gasteiger charge is -2.14. The molecule has 2 aromatic rings. The van der Waals surface area contributed by atoms with Crippen LogP contribution >= 0.6 is 0 Å². The van der Waals surface area contributed by atoms with Crippen molar-refractivity contribution >= 4 is 28.7 Å². The van der Waals surface area contributed by atoms with Crippen LogP contribution in [0.5, 0.6) is 0 Å². The molecule has 3 N–H and O–H groups in total. The average Bonchev–Trinajstić information content (AvgIpc) is 3.19. The molecule has 7 nitrogen and oxygen atoms in total. The van der Waals surface area contributed by atoms with E-state index in [4.69, 9.17) is 0 Å². The number of hydrogen-bond acceptors (Lipinski definition) is 3. The zero-order chi connectivity index (χ0) is 19.4. The van der Waals surface area contributed by atoms with Crippen LogP contribution in [0.25, 0.3) is 10.9 Å². The molecular formula is C20H26N4O3. The Kier molecular flexibility index (Phi) is 5.78. The van der Waals surface area contributed by atoms with Gasteiger partial charge in [0.15, 0.2) is 0 Å². The molecule has 0 aliphatic carbocycles. The quantitative estimate of drug-likeness (QED) is 0.623. The summed E-state index contributed by atoms with van der Waals surface area (Å²) in [7, 11) is 0. The lowest BCUT2D eigenvalue weighted by Crippen LogP contribution is -2.35. The Hall–Kier alpha value is -2.83. The lowest BCUT2D eigenvalue weighted by atomic mass is 10.1. The molecule has 1 aromatic carbocycles. The third-order valence-electron chi connectivity index (χ3n) is 5.07. The van der Waals surface area contributed by atoms with E-state index in [2.05, 4.69) is 15.6 Å². The van der Waals surface area contributed by atoms with E-state index in [1.807, 2.05) is 44.3 Å². The molecule has 2 heterocycles. The number of aromatic nitrogens is 1. The summed E-state index contributed by atoms with van der Waals surface area (Å²) in [6.07, 6.45) is 3.89. The van der Waals surface area contributed by atoms with Gasteiger partial charge in [0.05, 0.1) is 0 Å². The number of carbonyl (C=O) groups excluding carboxylic acids is 3. The van der Waals surface area contributed by atoms with Crippen molar-refractivity contribution in [1.29, 1.82) is 0 Å². The average molecular weight is 370 g/mol. The summed E-state index contributed by atoms with van der Waals surface area (Å²) in [6.45, 7) is 4.26. The molecule has 0 saturated carbocycles. The molecule has 27 heavy (non-hydrogen) atoms. The van der Waals surface area contributed by atoms with E-state index in [-0.39, 0.29) is 30.3 Å². The van der Waals surface area contributed by atoms with Gasteiger partial charge in [0, 0.05) is 36.1 Å². The number of rotatable bonds is 8. The van der Waals surface area contributed by atoms with Gasteiger partial charge in [0.25, 0.3) is 5.91 Å². The molecule has 0 unspecified atom stereocenters. The van der Waals surface area contributed by atoms with Gasteiger partial charge >= 0.3 is 6.03 Å². The molecule has 1 aliphatic heterocycles. The molecule has 1 fully saturated rings. The molecule has 2 atom stereocenters. The van der Waals surface area contributed by atoms with E-state index in [0.717, 1.165) is 22.9 Å². The SMILES string of the molecule is CC[C@@H](C)NC(=O)CC[C@H]1NC(=O)N(CCc2c[nH]c3ccccc23)C1=O. The van der Waals surface area contributed by atoms with Gasteiger partial charge in [0.1, 0.15) is 6.04 Å². The van der Waals surface area contributed by atoms with Crippen LogP contribution < -0.4 is 10.6 Å². The van der Waals surface area contributed by atoms with Crippen LogP contribution in [0.4, 0.5) is 4.79 Å². The number of hydrogen-bond donors (Lipinski definition) is 3. The van der Waals surface area contributed by atoms with Gasteiger partial charge in [-0.05, 0) is 37.8 Å². The summed E-state index contributed by atoms with van der Waals surface area (Å²) in [5, 5.41) is 6.66. The van der Waals surface area contributed by atoms with Gasteiger partial charge in [-0.1, -0.05) is 25.1 Å². The van der Waals surface area contributed by atoms with Crippen LogP contribution in [0.2, 0.25) is 0 Å². The van der Waals surface area contributed by atoms with Crippen molar-refractivity contribution in [3.8, 4) is 0 Å². The fraction of sp³-hybridized carbons (Fsp3) is 0.450. The minimum Gasteiger partial charge on any atom is -0.361 e. The zero-order valence-corrected chi connectivity index (χ0v) is 15.7. The monoisotopic (exact) mass is 370 g/mol. The first-order valence-electron chi connectivity index (χ1n) is 9.45. The molecule has 1 saturated heterocycles. The number of carbonyl (C=O) groups is 3. The number of amides is 4. The second kappa shape index (κ2) is 8.24. The first kappa shape index (κ1) is 18.9. The molecule has 1 aliphatic rings. The van der Waals surface area contributed by atoms with E-state index in [0.29, 0.717) is 19.4 Å². The van der Waals surface area contributed by atoms with E-state index >= 15 is 0 Å². The largest absolute Gasteiger partial charge is 0.361 e. The highest BCUT2D eigenvalue weighted by Gasteiger charge is 2.37. The van der Waals surface area contributed by atoms with Gasteiger partial charge in [-0.3, -0.25) is 14.5 Å². The number of urea groups is 1. The normalized spacial score (nSPS) is 18.0. The number of fused-ring (bicyclic) bond motifs is 1. The maximum atomic E-state index is 12.5. The number of benzene rings is 1. The minimum atomic E-state index is -0.622. The number of para-hydroxylation sites is 1.